The van der Waals surface area contributed by atoms with E-state index in [2.05, 4.69) is 25.6 Å². The zero-order valence-electron chi connectivity index (χ0n) is 10.6. The summed E-state index contributed by atoms with van der Waals surface area (Å²) in [6.45, 7) is 6.13. The summed E-state index contributed by atoms with van der Waals surface area (Å²) in [7, 11) is 1.67. The van der Waals surface area contributed by atoms with Gasteiger partial charge in [0.15, 0.2) is 0 Å². The quantitative estimate of drug-likeness (QED) is 0.867. The second-order valence-electron chi connectivity index (χ2n) is 4.81. The smallest absolute Gasteiger partial charge is 0.126 e. The summed E-state index contributed by atoms with van der Waals surface area (Å²) in [4.78, 5) is 0. The van der Waals surface area contributed by atoms with Gasteiger partial charge in [0.05, 0.1) is 13.7 Å². The first-order valence-electron chi connectivity index (χ1n) is 6.17. The van der Waals surface area contributed by atoms with Crippen LogP contribution in [-0.4, -0.2) is 18.8 Å². The van der Waals surface area contributed by atoms with E-state index in [1.165, 1.54) is 24.0 Å². The molecule has 0 aliphatic heterocycles. The fourth-order valence-electron chi connectivity index (χ4n) is 2.60. The van der Waals surface area contributed by atoms with Crippen LogP contribution >= 0.6 is 0 Å². The van der Waals surface area contributed by atoms with Crippen LogP contribution in [0, 0.1) is 0 Å². The molecule has 0 radical (unpaired) electrons. The predicted octanol–water partition coefficient (Wildman–Crippen LogP) is 3.14. The lowest BCUT2D eigenvalue weighted by atomic mass is 9.82. The molecule has 0 saturated heterocycles. The molecule has 1 aromatic carbocycles. The van der Waals surface area contributed by atoms with Crippen molar-refractivity contribution >= 4 is 5.57 Å². The number of fused-ring (bicyclic) bond motifs is 1. The highest BCUT2D eigenvalue weighted by molar-refractivity contribution is 5.71. The van der Waals surface area contributed by atoms with Crippen molar-refractivity contribution in [3.63, 3.8) is 0 Å². The van der Waals surface area contributed by atoms with E-state index in [-0.39, 0.29) is 6.61 Å². The summed E-state index contributed by atoms with van der Waals surface area (Å²) >= 11 is 0. The van der Waals surface area contributed by atoms with Crippen LogP contribution < -0.4 is 4.74 Å². The minimum atomic E-state index is -0.0243. The maximum Gasteiger partial charge on any atom is 0.126 e. The lowest BCUT2D eigenvalue weighted by Gasteiger charge is -2.24. The summed E-state index contributed by atoms with van der Waals surface area (Å²) in [5.41, 5.74) is 4.45. The van der Waals surface area contributed by atoms with Crippen molar-refractivity contribution in [3.8, 4) is 5.75 Å². The van der Waals surface area contributed by atoms with Gasteiger partial charge in [-0.15, -0.1) is 0 Å². The van der Waals surface area contributed by atoms with Gasteiger partial charge in [-0.1, -0.05) is 13.5 Å². The summed E-state index contributed by atoms with van der Waals surface area (Å²) in [6, 6.07) is 4.26. The fourth-order valence-corrected chi connectivity index (χ4v) is 2.60. The lowest BCUT2D eigenvalue weighted by molar-refractivity contribution is 0.349. The molecular formula is C15H20O2. The van der Waals surface area contributed by atoms with E-state index in [0.29, 0.717) is 5.92 Å². The zero-order valence-corrected chi connectivity index (χ0v) is 10.6. The summed E-state index contributed by atoms with van der Waals surface area (Å²) in [6.07, 6.45) is 3.61. The molecule has 1 aliphatic rings. The Kier molecular flexibility index (Phi) is 3.53. The van der Waals surface area contributed by atoms with Gasteiger partial charge < -0.3 is 9.84 Å². The number of hydrogen-bond donors (Lipinski definition) is 1. The van der Waals surface area contributed by atoms with Gasteiger partial charge in [0.2, 0.25) is 0 Å². The molecule has 1 aliphatic carbocycles. The topological polar surface area (TPSA) is 29.5 Å². The SMILES string of the molecule is C=C(CO)c1cc2c(cc1OC)CCC[C@@H]2C. The van der Waals surface area contributed by atoms with Gasteiger partial charge in [-0.3, -0.25) is 0 Å². The van der Waals surface area contributed by atoms with Crippen molar-refractivity contribution in [2.24, 2.45) is 0 Å². The second-order valence-corrected chi connectivity index (χ2v) is 4.81. The first kappa shape index (κ1) is 12.2. The van der Waals surface area contributed by atoms with Gasteiger partial charge in [-0.25, -0.2) is 0 Å². The van der Waals surface area contributed by atoms with Gasteiger partial charge in [-0.2, -0.15) is 0 Å². The average Bonchev–Trinajstić information content (AvgIpc) is 2.37. The summed E-state index contributed by atoms with van der Waals surface area (Å²) < 4.78 is 5.40. The highest BCUT2D eigenvalue weighted by Crippen LogP contribution is 2.37. The van der Waals surface area contributed by atoms with Crippen molar-refractivity contribution in [2.75, 3.05) is 13.7 Å². The highest BCUT2D eigenvalue weighted by atomic mass is 16.5. The van der Waals surface area contributed by atoms with Crippen LogP contribution in [-0.2, 0) is 6.42 Å². The van der Waals surface area contributed by atoms with Gasteiger partial charge in [-0.05, 0) is 54.0 Å². The average molecular weight is 232 g/mol. The standard InChI is InChI=1S/C15H20O2/c1-10-5-4-6-12-7-15(17-3)14(8-13(10)12)11(2)9-16/h7-8,10,16H,2,4-6,9H2,1,3H3/t10-/m0/s1. The van der Waals surface area contributed by atoms with Crippen molar-refractivity contribution in [3.05, 3.63) is 35.4 Å². The highest BCUT2D eigenvalue weighted by Gasteiger charge is 2.19. The van der Waals surface area contributed by atoms with Crippen molar-refractivity contribution in [1.29, 1.82) is 0 Å². The van der Waals surface area contributed by atoms with Gasteiger partial charge in [0.1, 0.15) is 5.75 Å². The number of methoxy groups -OCH3 is 1. The van der Waals surface area contributed by atoms with Crippen molar-refractivity contribution < 1.29 is 9.84 Å². The Morgan fingerprint density at radius 3 is 2.94 bits per heavy atom. The van der Waals surface area contributed by atoms with Gasteiger partial charge in [0, 0.05) is 5.56 Å². The number of aryl methyl sites for hydroxylation is 1. The van der Waals surface area contributed by atoms with Crippen molar-refractivity contribution in [1.82, 2.24) is 0 Å². The lowest BCUT2D eigenvalue weighted by Crippen LogP contribution is -2.09. The normalized spacial score (nSPS) is 18.6. The van der Waals surface area contributed by atoms with E-state index in [1.807, 2.05) is 0 Å². The molecule has 0 unspecified atom stereocenters. The first-order valence-corrected chi connectivity index (χ1v) is 6.17. The minimum Gasteiger partial charge on any atom is -0.496 e. The number of aliphatic hydroxyl groups excluding tert-OH is 1. The van der Waals surface area contributed by atoms with E-state index in [4.69, 9.17) is 4.74 Å². The van der Waals surface area contributed by atoms with Crippen LogP contribution in [0.1, 0.15) is 42.4 Å². The van der Waals surface area contributed by atoms with E-state index in [9.17, 15) is 5.11 Å². The van der Waals surface area contributed by atoms with Crippen LogP contribution in [0.5, 0.6) is 5.75 Å². The summed E-state index contributed by atoms with van der Waals surface area (Å²) in [5.74, 6) is 1.42. The molecule has 1 N–H and O–H groups in total. The van der Waals surface area contributed by atoms with Gasteiger partial charge >= 0.3 is 0 Å². The molecule has 2 rings (SSSR count). The molecule has 2 nitrogen and oxygen atoms in total. The Labute approximate surface area is 103 Å². The monoisotopic (exact) mass is 232 g/mol. The maximum absolute atomic E-state index is 9.22. The van der Waals surface area contributed by atoms with E-state index in [0.717, 1.165) is 23.3 Å². The number of benzene rings is 1. The molecule has 0 aromatic heterocycles. The predicted molar refractivity (Wildman–Crippen MR) is 70.5 cm³/mol. The molecule has 0 heterocycles. The number of hydrogen-bond acceptors (Lipinski definition) is 2. The Bertz CT molecular complexity index is 435. The number of aliphatic hydroxyl groups is 1. The van der Waals surface area contributed by atoms with Crippen LogP contribution in [0.4, 0.5) is 0 Å². The third-order valence-corrected chi connectivity index (χ3v) is 3.65. The fraction of sp³-hybridized carbons (Fsp3) is 0.467. The molecule has 0 fully saturated rings. The first-order chi connectivity index (χ1) is 8.17. The third kappa shape index (κ3) is 2.22. The molecule has 92 valence electrons. The summed E-state index contributed by atoms with van der Waals surface area (Å²) in [5, 5.41) is 9.22. The molecule has 0 amide bonds. The molecule has 2 heteroatoms. The second kappa shape index (κ2) is 4.92. The molecule has 17 heavy (non-hydrogen) atoms. The Morgan fingerprint density at radius 1 is 1.53 bits per heavy atom. The van der Waals surface area contributed by atoms with Crippen LogP contribution in [0.25, 0.3) is 5.57 Å². The largest absolute Gasteiger partial charge is 0.496 e. The molecule has 0 bridgehead atoms. The van der Waals surface area contributed by atoms with Crippen LogP contribution in [0.3, 0.4) is 0 Å². The molecule has 0 spiro atoms. The zero-order chi connectivity index (χ0) is 12.4. The number of rotatable bonds is 3. The van der Waals surface area contributed by atoms with Crippen LogP contribution in [0.2, 0.25) is 0 Å². The van der Waals surface area contributed by atoms with Crippen molar-refractivity contribution in [2.45, 2.75) is 32.1 Å². The van der Waals surface area contributed by atoms with E-state index < -0.39 is 0 Å². The Hall–Kier alpha value is -1.28. The maximum atomic E-state index is 9.22. The Morgan fingerprint density at radius 2 is 2.29 bits per heavy atom. The molecular weight excluding hydrogens is 212 g/mol. The molecule has 0 saturated carbocycles. The third-order valence-electron chi connectivity index (χ3n) is 3.65. The van der Waals surface area contributed by atoms with E-state index in [1.54, 1.807) is 7.11 Å². The number of ether oxygens (including phenoxy) is 1. The van der Waals surface area contributed by atoms with E-state index >= 15 is 0 Å². The minimum absolute atomic E-state index is 0.0243. The van der Waals surface area contributed by atoms with Gasteiger partial charge in [0.25, 0.3) is 0 Å². The van der Waals surface area contributed by atoms with Crippen LogP contribution in [0.15, 0.2) is 18.7 Å². The molecule has 1 aromatic rings. The molecule has 1 atom stereocenters. The Balaban J connectivity index is 2.52.